The summed E-state index contributed by atoms with van der Waals surface area (Å²) in [6, 6.07) is 3.22. The normalized spacial score (nSPS) is 23.1. The van der Waals surface area contributed by atoms with Gasteiger partial charge in [0.25, 0.3) is 5.91 Å². The number of nitrogens with two attached hydrogens (primary N) is 1. The van der Waals surface area contributed by atoms with E-state index >= 15 is 0 Å². The highest BCUT2D eigenvalue weighted by Crippen LogP contribution is 2.39. The Morgan fingerprint density at radius 2 is 1.54 bits per heavy atom. The molecule has 3 aliphatic heterocycles. The van der Waals surface area contributed by atoms with E-state index in [1.54, 1.807) is 31.7 Å². The monoisotopic (exact) mass is 689 g/mol. The molecule has 0 spiro atoms. The first-order valence-corrected chi connectivity index (χ1v) is 17.6. The molecule has 1 atom stereocenters. The molecule has 1 aromatic rings. The maximum Gasteiger partial charge on any atom is 0.410 e. The van der Waals surface area contributed by atoms with Gasteiger partial charge in [0.05, 0.1) is 22.9 Å². The summed E-state index contributed by atoms with van der Waals surface area (Å²) in [4.78, 5) is 58.4. The fourth-order valence-electron chi connectivity index (χ4n) is 7.00. The molecular weight excluding hydrogens is 638 g/mol. The molecule has 12 nitrogen and oxygen atoms in total. The summed E-state index contributed by atoms with van der Waals surface area (Å²) in [5, 5.41) is 0.516. The van der Waals surface area contributed by atoms with Gasteiger partial charge in [-0.1, -0.05) is 11.6 Å². The Kier molecular flexibility index (Phi) is 10.9. The molecule has 0 aromatic heterocycles. The SMILES string of the molecule is CC(C)(C)OC(=O)CC[C@@H](C(N)=O)N1Cc2c(ccc(N3CCN(C4CC(OC5CCN(C(=O)OC(C)(C)C)CC5)C4)CC3)c2Cl)C1=O. The third-order valence-electron chi connectivity index (χ3n) is 9.51. The van der Waals surface area contributed by atoms with Crippen LogP contribution in [0.5, 0.6) is 0 Å². The van der Waals surface area contributed by atoms with Crippen LogP contribution in [-0.4, -0.2) is 113 Å². The van der Waals surface area contributed by atoms with Crippen molar-refractivity contribution in [3.63, 3.8) is 0 Å². The van der Waals surface area contributed by atoms with E-state index in [9.17, 15) is 19.2 Å². The highest BCUT2D eigenvalue weighted by Gasteiger charge is 2.40. The molecule has 4 aliphatic rings. The maximum atomic E-state index is 13.3. The van der Waals surface area contributed by atoms with Gasteiger partial charge in [-0.3, -0.25) is 19.3 Å². The number of primary amides is 1. The minimum atomic E-state index is -0.944. The number of nitrogens with zero attached hydrogens (tertiary/aromatic N) is 4. The molecule has 3 amide bonds. The number of anilines is 1. The number of ether oxygens (including phenoxy) is 3. The molecule has 3 heterocycles. The summed E-state index contributed by atoms with van der Waals surface area (Å²) < 4.78 is 17.3. The Bertz CT molecular complexity index is 1370. The lowest BCUT2D eigenvalue weighted by atomic mass is 9.87. The van der Waals surface area contributed by atoms with E-state index in [1.807, 2.05) is 26.8 Å². The van der Waals surface area contributed by atoms with E-state index in [1.165, 1.54) is 4.90 Å². The van der Waals surface area contributed by atoms with Gasteiger partial charge in [-0.05, 0) is 85.8 Å². The minimum absolute atomic E-state index is 0.0305. The van der Waals surface area contributed by atoms with E-state index in [2.05, 4.69) is 9.80 Å². The Hall–Kier alpha value is -3.09. The molecule has 0 unspecified atom stereocenters. The van der Waals surface area contributed by atoms with Gasteiger partial charge >= 0.3 is 12.1 Å². The minimum Gasteiger partial charge on any atom is -0.460 e. The Labute approximate surface area is 289 Å². The van der Waals surface area contributed by atoms with Crippen molar-refractivity contribution >= 4 is 41.2 Å². The molecule has 48 heavy (non-hydrogen) atoms. The topological polar surface area (TPSA) is 135 Å². The second-order valence-electron chi connectivity index (χ2n) is 15.5. The quantitative estimate of drug-likeness (QED) is 0.376. The third-order valence-corrected chi connectivity index (χ3v) is 9.93. The number of carbonyl (C=O) groups excluding carboxylic acids is 4. The number of esters is 1. The molecule has 13 heteroatoms. The van der Waals surface area contributed by atoms with Crippen molar-refractivity contribution in [2.45, 2.75) is 122 Å². The number of piperazine rings is 1. The summed E-state index contributed by atoms with van der Waals surface area (Å²) in [7, 11) is 0. The maximum absolute atomic E-state index is 13.3. The highest BCUT2D eigenvalue weighted by molar-refractivity contribution is 6.35. The van der Waals surface area contributed by atoms with Crippen LogP contribution < -0.4 is 10.6 Å². The van der Waals surface area contributed by atoms with Crippen molar-refractivity contribution in [2.24, 2.45) is 5.73 Å². The van der Waals surface area contributed by atoms with Crippen LogP contribution in [0.25, 0.3) is 0 Å². The number of carbonyl (C=O) groups is 4. The van der Waals surface area contributed by atoms with Crippen LogP contribution in [0.1, 0.15) is 96.0 Å². The van der Waals surface area contributed by atoms with Crippen molar-refractivity contribution in [3.8, 4) is 0 Å². The standard InChI is InChI=1S/C35H52ClN5O7/c1-34(2,3)47-29(42)10-9-28(31(37)43)41-21-26-25(32(41)44)7-8-27(30(26)36)39-17-15-38(16-18-39)22-19-24(20-22)46-23-11-13-40(14-12-23)33(45)48-35(4,5)6/h7-8,22-24,28H,9-21H2,1-6H3,(H2,37,43)/t22?,24?,28-/m0/s1. The van der Waals surface area contributed by atoms with E-state index in [4.69, 9.17) is 31.5 Å². The number of halogens is 1. The zero-order valence-electron chi connectivity index (χ0n) is 29.3. The zero-order chi connectivity index (χ0) is 35.0. The smallest absolute Gasteiger partial charge is 0.410 e. The molecule has 0 radical (unpaired) electrons. The predicted octanol–water partition coefficient (Wildman–Crippen LogP) is 4.34. The van der Waals surface area contributed by atoms with Crippen molar-refractivity contribution < 1.29 is 33.4 Å². The first-order chi connectivity index (χ1) is 22.5. The lowest BCUT2D eigenvalue weighted by Crippen LogP contribution is -2.56. The molecule has 3 fully saturated rings. The number of benzene rings is 1. The average molecular weight is 690 g/mol. The number of fused-ring (bicyclic) bond motifs is 1. The number of hydrogen-bond donors (Lipinski definition) is 1. The summed E-state index contributed by atoms with van der Waals surface area (Å²) in [5.74, 6) is -1.43. The van der Waals surface area contributed by atoms with Crippen LogP contribution in [0.3, 0.4) is 0 Å². The third kappa shape index (κ3) is 8.73. The second-order valence-corrected chi connectivity index (χ2v) is 15.9. The van der Waals surface area contributed by atoms with Crippen molar-refractivity contribution in [1.29, 1.82) is 0 Å². The second kappa shape index (κ2) is 14.4. The summed E-state index contributed by atoms with van der Waals surface area (Å²) >= 11 is 6.94. The first kappa shape index (κ1) is 36.2. The fraction of sp³-hybridized carbons (Fsp3) is 0.714. The van der Waals surface area contributed by atoms with Gasteiger partial charge in [0.1, 0.15) is 17.2 Å². The van der Waals surface area contributed by atoms with Crippen LogP contribution in [-0.2, 0) is 30.3 Å². The van der Waals surface area contributed by atoms with Crippen LogP contribution in [0.15, 0.2) is 12.1 Å². The number of likely N-dealkylation sites (tertiary alicyclic amines) is 1. The van der Waals surface area contributed by atoms with Gasteiger partial charge in [-0.2, -0.15) is 0 Å². The first-order valence-electron chi connectivity index (χ1n) is 17.2. The van der Waals surface area contributed by atoms with Gasteiger partial charge in [0.15, 0.2) is 0 Å². The van der Waals surface area contributed by atoms with Crippen LogP contribution in [0, 0.1) is 0 Å². The average Bonchev–Trinajstić information content (AvgIpc) is 3.30. The lowest BCUT2D eigenvalue weighted by Gasteiger charge is -2.47. The Morgan fingerprint density at radius 1 is 0.917 bits per heavy atom. The van der Waals surface area contributed by atoms with Gasteiger partial charge in [-0.15, -0.1) is 0 Å². The summed E-state index contributed by atoms with van der Waals surface area (Å²) in [5.41, 5.74) is 6.58. The van der Waals surface area contributed by atoms with Gasteiger partial charge in [0.2, 0.25) is 5.91 Å². The van der Waals surface area contributed by atoms with Crippen molar-refractivity contribution in [1.82, 2.24) is 14.7 Å². The van der Waals surface area contributed by atoms with Crippen LogP contribution in [0.2, 0.25) is 5.02 Å². The van der Waals surface area contributed by atoms with E-state index < -0.39 is 29.1 Å². The number of hydrogen-bond acceptors (Lipinski definition) is 9. The van der Waals surface area contributed by atoms with E-state index in [0.29, 0.717) is 35.3 Å². The molecule has 2 N–H and O–H groups in total. The van der Waals surface area contributed by atoms with Crippen molar-refractivity contribution in [2.75, 3.05) is 44.2 Å². The molecule has 2 saturated heterocycles. The van der Waals surface area contributed by atoms with Crippen LogP contribution >= 0.6 is 11.6 Å². The molecular formula is C35H52ClN5O7. The molecule has 1 aliphatic carbocycles. The van der Waals surface area contributed by atoms with Gasteiger partial charge in [-0.25, -0.2) is 4.79 Å². The predicted molar refractivity (Wildman–Crippen MR) is 182 cm³/mol. The highest BCUT2D eigenvalue weighted by atomic mass is 35.5. The molecule has 5 rings (SSSR count). The van der Waals surface area contributed by atoms with E-state index in [0.717, 1.165) is 57.5 Å². The number of amides is 3. The molecule has 266 valence electrons. The lowest BCUT2D eigenvalue weighted by molar-refractivity contribution is -0.155. The largest absolute Gasteiger partial charge is 0.460 e. The molecule has 1 saturated carbocycles. The zero-order valence-corrected chi connectivity index (χ0v) is 30.0. The van der Waals surface area contributed by atoms with Gasteiger partial charge < -0.3 is 34.6 Å². The van der Waals surface area contributed by atoms with Gasteiger partial charge in [0, 0.05) is 69.4 Å². The Morgan fingerprint density at radius 3 is 2.12 bits per heavy atom. The number of piperidine rings is 1. The number of rotatable bonds is 9. The summed E-state index contributed by atoms with van der Waals surface area (Å²) in [6.45, 7) is 15.9. The molecule has 0 bridgehead atoms. The van der Waals surface area contributed by atoms with Crippen molar-refractivity contribution in [3.05, 3.63) is 28.3 Å². The molecule has 1 aromatic carbocycles. The fourth-order valence-corrected chi connectivity index (χ4v) is 7.35. The van der Waals surface area contributed by atoms with Crippen LogP contribution in [0.4, 0.5) is 10.5 Å². The summed E-state index contributed by atoms with van der Waals surface area (Å²) in [6.07, 6.45) is 3.93. The van der Waals surface area contributed by atoms with E-state index in [-0.39, 0.29) is 43.6 Å². The Balaban J connectivity index is 1.08.